The van der Waals surface area contributed by atoms with Crippen molar-refractivity contribution in [2.75, 3.05) is 18.5 Å². The smallest absolute Gasteiger partial charge is 0.131 e. The summed E-state index contributed by atoms with van der Waals surface area (Å²) >= 11 is 5.91. The summed E-state index contributed by atoms with van der Waals surface area (Å²) in [5, 5.41) is 0.145. The Morgan fingerprint density at radius 1 is 1.62 bits per heavy atom. The van der Waals surface area contributed by atoms with Crippen LogP contribution in [0.2, 0.25) is 0 Å². The summed E-state index contributed by atoms with van der Waals surface area (Å²) in [5.74, 6) is 1.01. The van der Waals surface area contributed by atoms with Crippen LogP contribution in [0.15, 0.2) is 18.3 Å². The molecule has 0 saturated heterocycles. The normalized spacial score (nSPS) is 12.6. The van der Waals surface area contributed by atoms with Crippen molar-refractivity contribution < 1.29 is 0 Å². The van der Waals surface area contributed by atoms with E-state index < -0.39 is 0 Å². The number of anilines is 1. The zero-order chi connectivity index (χ0) is 9.84. The van der Waals surface area contributed by atoms with Crippen molar-refractivity contribution in [3.8, 4) is 0 Å². The SMILES string of the molecule is Cc1cccnc1N(C)CC(C)Cl. The summed E-state index contributed by atoms with van der Waals surface area (Å²) in [6.45, 7) is 4.85. The average Bonchev–Trinajstić information content (AvgIpc) is 2.03. The van der Waals surface area contributed by atoms with Gasteiger partial charge < -0.3 is 4.90 Å². The van der Waals surface area contributed by atoms with Gasteiger partial charge >= 0.3 is 0 Å². The maximum Gasteiger partial charge on any atom is 0.131 e. The Kier molecular flexibility index (Phi) is 3.55. The highest BCUT2D eigenvalue weighted by Gasteiger charge is 2.07. The summed E-state index contributed by atoms with van der Waals surface area (Å²) in [7, 11) is 2.01. The van der Waals surface area contributed by atoms with Gasteiger partial charge in [0.2, 0.25) is 0 Å². The molecule has 0 N–H and O–H groups in total. The molecular formula is C10H15ClN2. The molecule has 3 heteroatoms. The van der Waals surface area contributed by atoms with E-state index in [1.54, 1.807) is 6.20 Å². The van der Waals surface area contributed by atoms with Crippen LogP contribution in [0, 0.1) is 6.92 Å². The first-order valence-corrected chi connectivity index (χ1v) is 4.81. The lowest BCUT2D eigenvalue weighted by atomic mass is 10.2. The third kappa shape index (κ3) is 2.88. The first kappa shape index (κ1) is 10.3. The lowest BCUT2D eigenvalue weighted by Gasteiger charge is -2.20. The van der Waals surface area contributed by atoms with Gasteiger partial charge in [0.15, 0.2) is 0 Å². The van der Waals surface area contributed by atoms with Crippen LogP contribution in [0.25, 0.3) is 0 Å². The summed E-state index contributed by atoms with van der Waals surface area (Å²) < 4.78 is 0. The van der Waals surface area contributed by atoms with Gasteiger partial charge in [0.25, 0.3) is 0 Å². The number of pyridine rings is 1. The third-order valence-corrected chi connectivity index (χ3v) is 2.01. The van der Waals surface area contributed by atoms with Crippen LogP contribution in [0.1, 0.15) is 12.5 Å². The minimum absolute atomic E-state index is 0.145. The fourth-order valence-electron chi connectivity index (χ4n) is 1.34. The number of hydrogen-bond donors (Lipinski definition) is 0. The van der Waals surface area contributed by atoms with Gasteiger partial charge in [0.1, 0.15) is 5.82 Å². The first-order valence-electron chi connectivity index (χ1n) is 4.38. The summed E-state index contributed by atoms with van der Waals surface area (Å²) in [5.41, 5.74) is 1.18. The van der Waals surface area contributed by atoms with Crippen LogP contribution in [-0.2, 0) is 0 Å². The maximum absolute atomic E-state index is 5.91. The molecule has 0 aliphatic rings. The van der Waals surface area contributed by atoms with Crippen LogP contribution in [0.5, 0.6) is 0 Å². The van der Waals surface area contributed by atoms with Crippen molar-refractivity contribution in [2.45, 2.75) is 19.2 Å². The maximum atomic E-state index is 5.91. The first-order chi connectivity index (χ1) is 6.11. The molecule has 0 spiro atoms. The van der Waals surface area contributed by atoms with Crippen molar-refractivity contribution in [3.05, 3.63) is 23.9 Å². The minimum atomic E-state index is 0.145. The Morgan fingerprint density at radius 3 is 2.85 bits per heavy atom. The molecule has 0 bridgehead atoms. The predicted octanol–water partition coefficient (Wildman–Crippen LogP) is 2.45. The van der Waals surface area contributed by atoms with Gasteiger partial charge in [0.05, 0.1) is 0 Å². The largest absolute Gasteiger partial charge is 0.358 e. The van der Waals surface area contributed by atoms with E-state index >= 15 is 0 Å². The molecule has 1 atom stereocenters. The van der Waals surface area contributed by atoms with Crippen LogP contribution in [-0.4, -0.2) is 24.0 Å². The van der Waals surface area contributed by atoms with E-state index in [4.69, 9.17) is 11.6 Å². The van der Waals surface area contributed by atoms with Crippen LogP contribution < -0.4 is 4.90 Å². The number of aromatic nitrogens is 1. The molecule has 1 unspecified atom stereocenters. The number of aryl methyl sites for hydroxylation is 1. The number of hydrogen-bond acceptors (Lipinski definition) is 2. The molecule has 1 rings (SSSR count). The highest BCUT2D eigenvalue weighted by molar-refractivity contribution is 6.20. The monoisotopic (exact) mass is 198 g/mol. The number of alkyl halides is 1. The van der Waals surface area contributed by atoms with Crippen molar-refractivity contribution in [1.29, 1.82) is 0 Å². The molecule has 0 amide bonds. The van der Waals surface area contributed by atoms with Crippen LogP contribution in [0.4, 0.5) is 5.82 Å². The summed E-state index contributed by atoms with van der Waals surface area (Å²) in [4.78, 5) is 6.37. The molecule has 72 valence electrons. The average molecular weight is 199 g/mol. The van der Waals surface area contributed by atoms with Crippen LogP contribution in [0.3, 0.4) is 0 Å². The van der Waals surface area contributed by atoms with Crippen molar-refractivity contribution in [3.63, 3.8) is 0 Å². The standard InChI is InChI=1S/C10H15ClN2/c1-8-5-4-6-12-10(8)13(3)7-9(2)11/h4-6,9H,7H2,1-3H3. The Morgan fingerprint density at radius 2 is 2.31 bits per heavy atom. The zero-order valence-corrected chi connectivity index (χ0v) is 9.04. The van der Waals surface area contributed by atoms with E-state index in [0.29, 0.717) is 0 Å². The Bertz CT molecular complexity index is 273. The topological polar surface area (TPSA) is 16.1 Å². The summed E-state index contributed by atoms with van der Waals surface area (Å²) in [6, 6.07) is 3.99. The van der Waals surface area contributed by atoms with Crippen LogP contribution >= 0.6 is 11.6 Å². The second-order valence-electron chi connectivity index (χ2n) is 3.31. The molecule has 1 aromatic heterocycles. The molecule has 13 heavy (non-hydrogen) atoms. The Balaban J connectivity index is 2.76. The molecular weight excluding hydrogens is 184 g/mol. The van der Waals surface area contributed by atoms with E-state index in [0.717, 1.165) is 12.4 Å². The highest BCUT2D eigenvalue weighted by Crippen LogP contribution is 2.14. The van der Waals surface area contributed by atoms with Crippen molar-refractivity contribution in [2.24, 2.45) is 0 Å². The number of halogens is 1. The van der Waals surface area contributed by atoms with Gasteiger partial charge in [-0.2, -0.15) is 0 Å². The Hall–Kier alpha value is -0.760. The third-order valence-electron chi connectivity index (χ3n) is 1.87. The van der Waals surface area contributed by atoms with E-state index in [-0.39, 0.29) is 5.38 Å². The summed E-state index contributed by atoms with van der Waals surface area (Å²) in [6.07, 6.45) is 1.80. The highest BCUT2D eigenvalue weighted by atomic mass is 35.5. The second-order valence-corrected chi connectivity index (χ2v) is 4.05. The lowest BCUT2D eigenvalue weighted by Crippen LogP contribution is -2.25. The number of rotatable bonds is 3. The number of nitrogens with zero attached hydrogens (tertiary/aromatic N) is 2. The van der Waals surface area contributed by atoms with Gasteiger partial charge in [-0.05, 0) is 25.5 Å². The van der Waals surface area contributed by atoms with Gasteiger partial charge in [-0.15, -0.1) is 11.6 Å². The molecule has 1 heterocycles. The molecule has 0 radical (unpaired) electrons. The zero-order valence-electron chi connectivity index (χ0n) is 8.29. The van der Waals surface area contributed by atoms with E-state index in [1.807, 2.05) is 20.0 Å². The molecule has 0 aliphatic carbocycles. The van der Waals surface area contributed by atoms with Gasteiger partial charge in [-0.25, -0.2) is 4.98 Å². The fraction of sp³-hybridized carbons (Fsp3) is 0.500. The lowest BCUT2D eigenvalue weighted by molar-refractivity contribution is 0.840. The van der Waals surface area contributed by atoms with Gasteiger partial charge in [0, 0.05) is 25.2 Å². The quantitative estimate of drug-likeness (QED) is 0.694. The molecule has 0 fully saturated rings. The van der Waals surface area contributed by atoms with E-state index in [2.05, 4.69) is 22.9 Å². The molecule has 0 aromatic carbocycles. The van der Waals surface area contributed by atoms with E-state index in [1.165, 1.54) is 5.56 Å². The molecule has 1 aromatic rings. The van der Waals surface area contributed by atoms with Gasteiger partial charge in [-0.3, -0.25) is 0 Å². The van der Waals surface area contributed by atoms with Gasteiger partial charge in [-0.1, -0.05) is 6.07 Å². The minimum Gasteiger partial charge on any atom is -0.358 e. The second kappa shape index (κ2) is 4.47. The van der Waals surface area contributed by atoms with Crippen molar-refractivity contribution in [1.82, 2.24) is 4.98 Å². The fourth-order valence-corrected chi connectivity index (χ4v) is 1.55. The Labute approximate surface area is 84.5 Å². The van der Waals surface area contributed by atoms with Crippen molar-refractivity contribution >= 4 is 17.4 Å². The van der Waals surface area contributed by atoms with E-state index in [9.17, 15) is 0 Å². The molecule has 0 aliphatic heterocycles. The predicted molar refractivity (Wildman–Crippen MR) is 57.6 cm³/mol. The molecule has 2 nitrogen and oxygen atoms in total. The molecule has 0 saturated carbocycles.